The number of carbonyl (C=O) groups is 1. The Morgan fingerprint density at radius 1 is 1.20 bits per heavy atom. The van der Waals surface area contributed by atoms with E-state index in [4.69, 9.17) is 4.84 Å². The van der Waals surface area contributed by atoms with Crippen LogP contribution in [0.1, 0.15) is 17.5 Å². The van der Waals surface area contributed by atoms with Crippen LogP contribution in [0.3, 0.4) is 0 Å². The molecule has 0 bridgehead atoms. The number of oxime groups is 1. The summed E-state index contributed by atoms with van der Waals surface area (Å²) in [5, 5.41) is 6.15. The lowest BCUT2D eigenvalue weighted by atomic mass is 10.0. The van der Waals surface area contributed by atoms with Crippen LogP contribution in [-0.4, -0.2) is 17.7 Å². The van der Waals surface area contributed by atoms with Crippen molar-refractivity contribution < 1.29 is 22.8 Å². The van der Waals surface area contributed by atoms with Crippen molar-refractivity contribution in [2.45, 2.75) is 18.7 Å². The first-order valence-electron chi connectivity index (χ1n) is 7.30. The molecule has 0 saturated carbocycles. The Labute approximate surface area is 149 Å². The molecular weight excluding hydrogens is 401 g/mol. The van der Waals surface area contributed by atoms with Crippen LogP contribution in [0.15, 0.2) is 58.2 Å². The van der Waals surface area contributed by atoms with Crippen LogP contribution in [0.2, 0.25) is 0 Å². The molecule has 1 amide bonds. The zero-order valence-corrected chi connectivity index (χ0v) is 14.3. The molecule has 0 saturated heterocycles. The molecule has 25 heavy (non-hydrogen) atoms. The molecule has 0 unspecified atom stereocenters. The number of hydrogen-bond donors (Lipinski definition) is 1. The van der Waals surface area contributed by atoms with Crippen LogP contribution in [-0.2, 0) is 15.8 Å². The smallest absolute Gasteiger partial charge is 0.382 e. The summed E-state index contributed by atoms with van der Waals surface area (Å²) in [6.45, 7) is 0. The maximum absolute atomic E-state index is 13.0. The number of nitrogens with zero attached hydrogens (tertiary/aromatic N) is 1. The van der Waals surface area contributed by atoms with Crippen molar-refractivity contribution in [2.24, 2.45) is 5.16 Å². The van der Waals surface area contributed by atoms with Crippen molar-refractivity contribution in [2.75, 3.05) is 5.32 Å². The van der Waals surface area contributed by atoms with E-state index in [2.05, 4.69) is 26.4 Å². The normalized spacial score (nSPS) is 17.0. The van der Waals surface area contributed by atoms with Gasteiger partial charge in [0.15, 0.2) is 0 Å². The highest BCUT2D eigenvalue weighted by Gasteiger charge is 2.35. The van der Waals surface area contributed by atoms with E-state index in [1.165, 1.54) is 18.2 Å². The van der Waals surface area contributed by atoms with Crippen LogP contribution in [0.4, 0.5) is 18.9 Å². The summed E-state index contributed by atoms with van der Waals surface area (Å²) in [5.41, 5.74) is 0.125. The Morgan fingerprint density at radius 2 is 1.96 bits per heavy atom. The van der Waals surface area contributed by atoms with E-state index in [0.717, 1.165) is 16.1 Å². The van der Waals surface area contributed by atoms with E-state index < -0.39 is 23.8 Å². The average Bonchev–Trinajstić information content (AvgIpc) is 3.04. The van der Waals surface area contributed by atoms with E-state index in [-0.39, 0.29) is 12.1 Å². The molecule has 1 heterocycles. The number of alkyl halides is 3. The standard InChI is InChI=1S/C17H12BrF3N2O2/c18-11-5-3-4-10(8-11)14-9-15(25-23-14)16(24)22-13-7-2-1-6-12(13)17(19,20)21/h1-8,15H,9H2,(H,22,24)/t15-/m1/s1. The summed E-state index contributed by atoms with van der Waals surface area (Å²) >= 11 is 3.34. The zero-order valence-electron chi connectivity index (χ0n) is 12.7. The van der Waals surface area contributed by atoms with Gasteiger partial charge in [0.1, 0.15) is 0 Å². The SMILES string of the molecule is O=C(Nc1ccccc1C(F)(F)F)[C@H]1CC(c2cccc(Br)c2)=NO1. The lowest BCUT2D eigenvalue weighted by Gasteiger charge is -2.15. The zero-order chi connectivity index (χ0) is 18.0. The van der Waals surface area contributed by atoms with Crippen molar-refractivity contribution in [1.29, 1.82) is 0 Å². The van der Waals surface area contributed by atoms with Gasteiger partial charge in [0, 0.05) is 16.5 Å². The topological polar surface area (TPSA) is 50.7 Å². The molecule has 8 heteroatoms. The first-order valence-corrected chi connectivity index (χ1v) is 8.09. The van der Waals surface area contributed by atoms with Crippen LogP contribution >= 0.6 is 15.9 Å². The molecule has 2 aromatic carbocycles. The summed E-state index contributed by atoms with van der Waals surface area (Å²) in [7, 11) is 0. The molecule has 1 aliphatic rings. The fraction of sp³-hybridized carbons (Fsp3) is 0.176. The number of hydrogen-bond acceptors (Lipinski definition) is 3. The van der Waals surface area contributed by atoms with Gasteiger partial charge in [0.05, 0.1) is 17.0 Å². The molecule has 0 spiro atoms. The third kappa shape index (κ3) is 4.01. The van der Waals surface area contributed by atoms with E-state index in [1.807, 2.05) is 24.3 Å². The van der Waals surface area contributed by atoms with Crippen LogP contribution < -0.4 is 5.32 Å². The summed E-state index contributed by atoms with van der Waals surface area (Å²) in [5.74, 6) is -0.676. The quantitative estimate of drug-likeness (QED) is 0.800. The van der Waals surface area contributed by atoms with Crippen molar-refractivity contribution in [3.8, 4) is 0 Å². The second-order valence-electron chi connectivity index (χ2n) is 5.38. The number of rotatable bonds is 3. The average molecular weight is 413 g/mol. The fourth-order valence-corrected chi connectivity index (χ4v) is 2.81. The van der Waals surface area contributed by atoms with E-state index in [9.17, 15) is 18.0 Å². The Morgan fingerprint density at radius 3 is 2.68 bits per heavy atom. The van der Waals surface area contributed by atoms with Gasteiger partial charge in [-0.2, -0.15) is 13.2 Å². The van der Waals surface area contributed by atoms with Gasteiger partial charge in [-0.25, -0.2) is 0 Å². The predicted octanol–water partition coefficient (Wildman–Crippen LogP) is 4.60. The molecule has 1 N–H and O–H groups in total. The van der Waals surface area contributed by atoms with Gasteiger partial charge in [-0.3, -0.25) is 4.79 Å². The summed E-state index contributed by atoms with van der Waals surface area (Å²) in [6, 6.07) is 12.1. The molecule has 0 aromatic heterocycles. The number of para-hydroxylation sites is 1. The largest absolute Gasteiger partial charge is 0.418 e. The Hall–Kier alpha value is -2.35. The minimum absolute atomic E-state index is 0.177. The molecule has 1 aliphatic heterocycles. The first-order chi connectivity index (χ1) is 11.8. The van der Waals surface area contributed by atoms with Crippen molar-refractivity contribution in [3.05, 3.63) is 64.1 Å². The van der Waals surface area contributed by atoms with Gasteiger partial charge >= 0.3 is 6.18 Å². The van der Waals surface area contributed by atoms with Crippen molar-refractivity contribution in [1.82, 2.24) is 0 Å². The molecule has 0 radical (unpaired) electrons. The highest BCUT2D eigenvalue weighted by molar-refractivity contribution is 9.10. The number of benzene rings is 2. The Kier molecular flexibility index (Phi) is 4.80. The van der Waals surface area contributed by atoms with Gasteiger partial charge in [-0.1, -0.05) is 45.4 Å². The third-order valence-electron chi connectivity index (χ3n) is 3.61. The molecule has 2 aromatic rings. The summed E-state index contributed by atoms with van der Waals surface area (Å²) in [4.78, 5) is 17.4. The number of nitrogens with one attached hydrogen (secondary N) is 1. The maximum Gasteiger partial charge on any atom is 0.418 e. The second kappa shape index (κ2) is 6.87. The lowest BCUT2D eigenvalue weighted by molar-refractivity contribution is -0.137. The van der Waals surface area contributed by atoms with Crippen LogP contribution in [0, 0.1) is 0 Å². The van der Waals surface area contributed by atoms with Crippen LogP contribution in [0.5, 0.6) is 0 Å². The highest BCUT2D eigenvalue weighted by Crippen LogP contribution is 2.34. The van der Waals surface area contributed by atoms with Gasteiger partial charge in [-0.15, -0.1) is 0 Å². The molecule has 130 valence electrons. The number of carbonyl (C=O) groups excluding carboxylic acids is 1. The third-order valence-corrected chi connectivity index (χ3v) is 4.10. The van der Waals surface area contributed by atoms with E-state index in [0.29, 0.717) is 5.71 Å². The molecule has 4 nitrogen and oxygen atoms in total. The van der Waals surface area contributed by atoms with Crippen LogP contribution in [0.25, 0.3) is 0 Å². The molecule has 3 rings (SSSR count). The van der Waals surface area contributed by atoms with E-state index in [1.54, 1.807) is 0 Å². The summed E-state index contributed by atoms with van der Waals surface area (Å²) < 4.78 is 39.8. The Bertz CT molecular complexity index is 837. The van der Waals surface area contributed by atoms with Gasteiger partial charge in [-0.05, 0) is 24.3 Å². The van der Waals surface area contributed by atoms with Crippen molar-refractivity contribution in [3.63, 3.8) is 0 Å². The number of halogens is 4. The number of amides is 1. The van der Waals surface area contributed by atoms with Crippen molar-refractivity contribution >= 4 is 33.2 Å². The molecular formula is C17H12BrF3N2O2. The van der Waals surface area contributed by atoms with Gasteiger partial charge < -0.3 is 10.2 Å². The maximum atomic E-state index is 13.0. The summed E-state index contributed by atoms with van der Waals surface area (Å²) in [6.07, 6.45) is -5.36. The van der Waals surface area contributed by atoms with Gasteiger partial charge in [0.25, 0.3) is 5.91 Å². The first kappa shape index (κ1) is 17.5. The second-order valence-corrected chi connectivity index (χ2v) is 6.29. The Balaban J connectivity index is 1.71. The minimum Gasteiger partial charge on any atom is -0.382 e. The lowest BCUT2D eigenvalue weighted by Crippen LogP contribution is -2.29. The highest BCUT2D eigenvalue weighted by atomic mass is 79.9. The monoisotopic (exact) mass is 412 g/mol. The predicted molar refractivity (Wildman–Crippen MR) is 90.2 cm³/mol. The van der Waals surface area contributed by atoms with E-state index >= 15 is 0 Å². The molecule has 0 fully saturated rings. The van der Waals surface area contributed by atoms with Gasteiger partial charge in [0.2, 0.25) is 6.10 Å². The molecule has 0 aliphatic carbocycles. The minimum atomic E-state index is -4.56. The number of anilines is 1. The molecule has 1 atom stereocenters. The fourth-order valence-electron chi connectivity index (χ4n) is 2.41.